The highest BCUT2D eigenvalue weighted by molar-refractivity contribution is 5.71. The summed E-state index contributed by atoms with van der Waals surface area (Å²) < 4.78 is 0. The molecule has 86 valence electrons. The molecule has 1 unspecified atom stereocenters. The van der Waals surface area contributed by atoms with E-state index in [1.54, 1.807) is 25.1 Å². The summed E-state index contributed by atoms with van der Waals surface area (Å²) in [4.78, 5) is 11.1. The Morgan fingerprint density at radius 3 is 2.62 bits per heavy atom. The van der Waals surface area contributed by atoms with Crippen LogP contribution in [0.1, 0.15) is 31.2 Å². The first-order chi connectivity index (χ1) is 7.59. The maximum Gasteiger partial charge on any atom is 0.306 e. The summed E-state index contributed by atoms with van der Waals surface area (Å²) in [7, 11) is 0. The van der Waals surface area contributed by atoms with Crippen molar-refractivity contribution in [3.63, 3.8) is 0 Å². The zero-order valence-electron chi connectivity index (χ0n) is 9.26. The van der Waals surface area contributed by atoms with Crippen molar-refractivity contribution in [2.75, 3.05) is 0 Å². The molecular weight excluding hydrogens is 204 g/mol. The van der Waals surface area contributed by atoms with Crippen molar-refractivity contribution in [1.29, 1.82) is 0 Å². The lowest BCUT2D eigenvalue weighted by atomic mass is 9.83. The van der Waals surface area contributed by atoms with Crippen LogP contribution in [-0.2, 0) is 4.79 Å². The number of rotatable bonds is 4. The van der Waals surface area contributed by atoms with Crippen LogP contribution in [0.4, 0.5) is 0 Å². The second-order valence-corrected chi connectivity index (χ2v) is 4.59. The standard InChI is InChI=1S/C13H16O3/c1-8(13(15)16)12(9-5-6-9)10-3-2-4-11(14)7-10/h2-4,7-9,12,14H,5-6H2,1H3,(H,15,16)/t8?,12-/m1/s1. The summed E-state index contributed by atoms with van der Waals surface area (Å²) in [5, 5.41) is 18.5. The van der Waals surface area contributed by atoms with Crippen LogP contribution in [0.5, 0.6) is 5.75 Å². The number of aromatic hydroxyl groups is 1. The molecule has 16 heavy (non-hydrogen) atoms. The van der Waals surface area contributed by atoms with E-state index in [0.717, 1.165) is 18.4 Å². The molecule has 0 amide bonds. The van der Waals surface area contributed by atoms with E-state index in [1.807, 2.05) is 6.07 Å². The van der Waals surface area contributed by atoms with Crippen LogP contribution in [0.25, 0.3) is 0 Å². The van der Waals surface area contributed by atoms with Gasteiger partial charge in [-0.1, -0.05) is 19.1 Å². The highest BCUT2D eigenvalue weighted by Gasteiger charge is 2.38. The number of phenols is 1. The zero-order chi connectivity index (χ0) is 11.7. The largest absolute Gasteiger partial charge is 0.508 e. The van der Waals surface area contributed by atoms with E-state index in [0.29, 0.717) is 5.92 Å². The third kappa shape index (κ3) is 2.18. The predicted octanol–water partition coefficient (Wildman–Crippen LogP) is 2.61. The second-order valence-electron chi connectivity index (χ2n) is 4.59. The summed E-state index contributed by atoms with van der Waals surface area (Å²) in [6.45, 7) is 1.75. The van der Waals surface area contributed by atoms with Gasteiger partial charge in [-0.3, -0.25) is 4.79 Å². The molecule has 2 N–H and O–H groups in total. The lowest BCUT2D eigenvalue weighted by Crippen LogP contribution is -2.20. The van der Waals surface area contributed by atoms with Gasteiger partial charge in [0, 0.05) is 0 Å². The van der Waals surface area contributed by atoms with E-state index < -0.39 is 11.9 Å². The molecule has 0 radical (unpaired) electrons. The minimum Gasteiger partial charge on any atom is -0.508 e. The van der Waals surface area contributed by atoms with Gasteiger partial charge in [-0.05, 0) is 42.4 Å². The molecule has 0 aromatic heterocycles. The molecule has 1 aromatic rings. The molecule has 1 aliphatic rings. The van der Waals surface area contributed by atoms with Crippen LogP contribution in [0.2, 0.25) is 0 Å². The quantitative estimate of drug-likeness (QED) is 0.820. The molecule has 1 saturated carbocycles. The second kappa shape index (κ2) is 4.16. The average molecular weight is 220 g/mol. The first kappa shape index (κ1) is 11.0. The highest BCUT2D eigenvalue weighted by atomic mass is 16.4. The summed E-state index contributed by atoms with van der Waals surface area (Å²) in [6, 6.07) is 6.97. The smallest absolute Gasteiger partial charge is 0.306 e. The SMILES string of the molecule is CC(C(=O)O)[C@@H](c1cccc(O)c1)C1CC1. The topological polar surface area (TPSA) is 57.5 Å². The summed E-state index contributed by atoms with van der Waals surface area (Å²) in [5.74, 6) is -0.451. The van der Waals surface area contributed by atoms with Crippen LogP contribution in [0.15, 0.2) is 24.3 Å². The van der Waals surface area contributed by atoms with Crippen LogP contribution in [0, 0.1) is 11.8 Å². The number of phenolic OH excluding ortho intramolecular Hbond substituents is 1. The predicted molar refractivity (Wildman–Crippen MR) is 60.4 cm³/mol. The molecule has 3 nitrogen and oxygen atoms in total. The molecule has 0 saturated heterocycles. The van der Waals surface area contributed by atoms with Gasteiger partial charge in [-0.2, -0.15) is 0 Å². The number of hydrogen-bond donors (Lipinski definition) is 2. The highest BCUT2D eigenvalue weighted by Crippen LogP contribution is 2.47. The van der Waals surface area contributed by atoms with Gasteiger partial charge >= 0.3 is 5.97 Å². The van der Waals surface area contributed by atoms with Crippen LogP contribution in [-0.4, -0.2) is 16.2 Å². The maximum absolute atomic E-state index is 11.1. The van der Waals surface area contributed by atoms with Gasteiger partial charge in [0.05, 0.1) is 5.92 Å². The lowest BCUT2D eigenvalue weighted by Gasteiger charge is -2.21. The number of carboxylic acids is 1. The Bertz CT molecular complexity index is 396. The van der Waals surface area contributed by atoms with Crippen LogP contribution < -0.4 is 0 Å². The van der Waals surface area contributed by atoms with Gasteiger partial charge in [0.25, 0.3) is 0 Å². The van der Waals surface area contributed by atoms with Gasteiger partial charge in [-0.15, -0.1) is 0 Å². The summed E-state index contributed by atoms with van der Waals surface area (Å²) >= 11 is 0. The Hall–Kier alpha value is -1.51. The Labute approximate surface area is 94.7 Å². The minimum atomic E-state index is -0.764. The summed E-state index contributed by atoms with van der Waals surface area (Å²) in [6.07, 6.45) is 2.19. The Kier molecular flexibility index (Phi) is 2.86. The monoisotopic (exact) mass is 220 g/mol. The van der Waals surface area contributed by atoms with Crippen molar-refractivity contribution in [1.82, 2.24) is 0 Å². The van der Waals surface area contributed by atoms with Crippen molar-refractivity contribution in [2.24, 2.45) is 11.8 Å². The maximum atomic E-state index is 11.1. The number of aliphatic carboxylic acids is 1. The van der Waals surface area contributed by atoms with Crippen molar-refractivity contribution in [3.05, 3.63) is 29.8 Å². The van der Waals surface area contributed by atoms with Crippen molar-refractivity contribution >= 4 is 5.97 Å². The Morgan fingerprint density at radius 1 is 1.44 bits per heavy atom. The van der Waals surface area contributed by atoms with E-state index in [4.69, 9.17) is 5.11 Å². The Balaban J connectivity index is 2.28. The normalized spacial score (nSPS) is 19.1. The third-order valence-electron chi connectivity index (χ3n) is 3.31. The fraction of sp³-hybridized carbons (Fsp3) is 0.462. The molecule has 1 aliphatic carbocycles. The van der Waals surface area contributed by atoms with Gasteiger partial charge in [0.1, 0.15) is 5.75 Å². The minimum absolute atomic E-state index is 0.0320. The first-order valence-electron chi connectivity index (χ1n) is 5.61. The number of carbonyl (C=O) groups is 1. The Morgan fingerprint density at radius 2 is 2.12 bits per heavy atom. The number of carboxylic acid groups (broad SMARTS) is 1. The van der Waals surface area contributed by atoms with Crippen LogP contribution >= 0.6 is 0 Å². The first-order valence-corrected chi connectivity index (χ1v) is 5.61. The molecule has 1 aromatic carbocycles. The molecule has 3 heteroatoms. The molecule has 2 atom stereocenters. The molecule has 0 aliphatic heterocycles. The van der Waals surface area contributed by atoms with E-state index >= 15 is 0 Å². The fourth-order valence-electron chi connectivity index (χ4n) is 2.31. The molecule has 0 bridgehead atoms. The summed E-state index contributed by atoms with van der Waals surface area (Å²) in [5.41, 5.74) is 0.942. The van der Waals surface area contributed by atoms with Gasteiger partial charge in [-0.25, -0.2) is 0 Å². The third-order valence-corrected chi connectivity index (χ3v) is 3.31. The molecule has 0 heterocycles. The molecule has 1 fully saturated rings. The van der Waals surface area contributed by atoms with Crippen LogP contribution in [0.3, 0.4) is 0 Å². The van der Waals surface area contributed by atoms with Crippen molar-refractivity contribution < 1.29 is 15.0 Å². The van der Waals surface area contributed by atoms with E-state index in [9.17, 15) is 9.90 Å². The lowest BCUT2D eigenvalue weighted by molar-refractivity contribution is -0.142. The number of benzene rings is 1. The van der Waals surface area contributed by atoms with Gasteiger partial charge < -0.3 is 10.2 Å². The van der Waals surface area contributed by atoms with Crippen molar-refractivity contribution in [2.45, 2.75) is 25.7 Å². The van der Waals surface area contributed by atoms with Gasteiger partial charge in [0.2, 0.25) is 0 Å². The van der Waals surface area contributed by atoms with E-state index in [1.165, 1.54) is 0 Å². The zero-order valence-corrected chi connectivity index (χ0v) is 9.26. The molecule has 0 spiro atoms. The molecule has 2 rings (SSSR count). The van der Waals surface area contributed by atoms with E-state index in [-0.39, 0.29) is 11.7 Å². The van der Waals surface area contributed by atoms with Gasteiger partial charge in [0.15, 0.2) is 0 Å². The number of hydrogen-bond acceptors (Lipinski definition) is 2. The fourth-order valence-corrected chi connectivity index (χ4v) is 2.31. The van der Waals surface area contributed by atoms with E-state index in [2.05, 4.69) is 0 Å². The van der Waals surface area contributed by atoms with Crippen molar-refractivity contribution in [3.8, 4) is 5.75 Å². The molecular formula is C13H16O3. The average Bonchev–Trinajstić information content (AvgIpc) is 3.02.